The van der Waals surface area contributed by atoms with Crippen molar-refractivity contribution in [3.05, 3.63) is 33.6 Å². The van der Waals surface area contributed by atoms with Crippen LogP contribution in [0.25, 0.3) is 0 Å². The maximum absolute atomic E-state index is 13.6. The molecule has 0 aromatic heterocycles. The summed E-state index contributed by atoms with van der Waals surface area (Å²) < 4.78 is 18.8. The molecule has 2 rings (SSSR count). The van der Waals surface area contributed by atoms with Crippen molar-refractivity contribution >= 4 is 23.2 Å². The van der Waals surface area contributed by atoms with Gasteiger partial charge in [0.2, 0.25) is 0 Å². The van der Waals surface area contributed by atoms with Gasteiger partial charge in [-0.3, -0.25) is 0 Å². The van der Waals surface area contributed by atoms with Crippen molar-refractivity contribution in [3.8, 4) is 0 Å². The molecule has 1 heterocycles. The van der Waals surface area contributed by atoms with E-state index in [-0.39, 0.29) is 16.9 Å². The lowest BCUT2D eigenvalue weighted by Crippen LogP contribution is -2.35. The molecule has 0 aliphatic carbocycles. The van der Waals surface area contributed by atoms with E-state index in [9.17, 15) is 4.39 Å². The van der Waals surface area contributed by atoms with E-state index in [1.54, 1.807) is 0 Å². The maximum atomic E-state index is 13.6. The summed E-state index contributed by atoms with van der Waals surface area (Å²) >= 11 is 11.8. The number of ether oxygens (including phenoxy) is 1. The number of hydrogen-bond acceptors (Lipinski definition) is 2. The monoisotopic (exact) mass is 249 g/mol. The minimum Gasteiger partial charge on any atom is -0.378 e. The van der Waals surface area contributed by atoms with Crippen LogP contribution in [0.5, 0.6) is 0 Å². The van der Waals surface area contributed by atoms with E-state index >= 15 is 0 Å². The van der Waals surface area contributed by atoms with E-state index < -0.39 is 0 Å². The van der Waals surface area contributed by atoms with Crippen LogP contribution in [-0.2, 0) is 4.74 Å². The summed E-state index contributed by atoms with van der Waals surface area (Å²) in [7, 11) is 0. The lowest BCUT2D eigenvalue weighted by Gasteiger charge is -2.25. The van der Waals surface area contributed by atoms with Crippen molar-refractivity contribution in [2.45, 2.75) is 6.04 Å². The summed E-state index contributed by atoms with van der Waals surface area (Å²) in [4.78, 5) is 0. The highest BCUT2D eigenvalue weighted by Crippen LogP contribution is 2.32. The Bertz CT molecular complexity index is 367. The van der Waals surface area contributed by atoms with Gasteiger partial charge in [-0.15, -0.1) is 0 Å². The molecule has 1 saturated heterocycles. The Hall–Kier alpha value is -0.350. The third-order valence-corrected chi connectivity index (χ3v) is 3.17. The molecule has 0 saturated carbocycles. The smallest absolute Gasteiger partial charge is 0.129 e. The van der Waals surface area contributed by atoms with Crippen LogP contribution in [0.2, 0.25) is 10.0 Å². The third-order valence-electron chi connectivity index (χ3n) is 2.35. The van der Waals surface area contributed by atoms with Gasteiger partial charge in [-0.1, -0.05) is 23.2 Å². The van der Waals surface area contributed by atoms with Crippen LogP contribution in [0.1, 0.15) is 11.6 Å². The largest absolute Gasteiger partial charge is 0.378 e. The van der Waals surface area contributed by atoms with E-state index in [4.69, 9.17) is 27.9 Å². The highest BCUT2D eigenvalue weighted by molar-refractivity contribution is 6.42. The molecule has 0 spiro atoms. The third kappa shape index (κ3) is 2.26. The number of nitrogens with one attached hydrogen (secondary N) is 1. The summed E-state index contributed by atoms with van der Waals surface area (Å²) in [5, 5.41) is 3.76. The molecule has 0 radical (unpaired) electrons. The standard InChI is InChI=1S/C10H10Cl2FNO/c11-6-1-2-7(13)9(10(6)12)8-5-15-4-3-14-8/h1-2,8,14H,3-5H2/t8-/m0/s1. The van der Waals surface area contributed by atoms with Gasteiger partial charge >= 0.3 is 0 Å². The zero-order valence-electron chi connectivity index (χ0n) is 7.90. The second kappa shape index (κ2) is 4.66. The van der Waals surface area contributed by atoms with E-state index in [0.717, 1.165) is 0 Å². The predicted molar refractivity (Wildman–Crippen MR) is 58.0 cm³/mol. The fourth-order valence-corrected chi connectivity index (χ4v) is 2.06. The molecule has 1 fully saturated rings. The molecular formula is C10H10Cl2FNO. The molecular weight excluding hydrogens is 240 g/mol. The van der Waals surface area contributed by atoms with Gasteiger partial charge < -0.3 is 10.1 Å². The second-order valence-electron chi connectivity index (χ2n) is 3.34. The van der Waals surface area contributed by atoms with Crippen molar-refractivity contribution < 1.29 is 9.13 Å². The minimum atomic E-state index is -0.354. The molecule has 1 N–H and O–H groups in total. The molecule has 1 atom stereocenters. The van der Waals surface area contributed by atoms with Crippen molar-refractivity contribution in [2.24, 2.45) is 0 Å². The number of morpholine rings is 1. The Balaban J connectivity index is 2.36. The second-order valence-corrected chi connectivity index (χ2v) is 4.12. The fraction of sp³-hybridized carbons (Fsp3) is 0.400. The van der Waals surface area contributed by atoms with Crippen LogP contribution in [-0.4, -0.2) is 19.8 Å². The summed E-state index contributed by atoms with van der Waals surface area (Å²) in [5.41, 5.74) is 0.392. The number of rotatable bonds is 1. The fourth-order valence-electron chi connectivity index (χ4n) is 1.61. The SMILES string of the molecule is Fc1ccc(Cl)c(Cl)c1[C@@H]1COCCN1. The Morgan fingerprint density at radius 1 is 1.40 bits per heavy atom. The van der Waals surface area contributed by atoms with Gasteiger partial charge in [-0.05, 0) is 12.1 Å². The summed E-state index contributed by atoms with van der Waals surface area (Å²) in [6.07, 6.45) is 0. The van der Waals surface area contributed by atoms with Crippen molar-refractivity contribution in [1.29, 1.82) is 0 Å². The Morgan fingerprint density at radius 3 is 2.87 bits per heavy atom. The number of halogens is 3. The number of hydrogen-bond donors (Lipinski definition) is 1. The number of benzene rings is 1. The van der Waals surface area contributed by atoms with Gasteiger partial charge in [0, 0.05) is 12.1 Å². The predicted octanol–water partition coefficient (Wildman–Crippen LogP) is 2.79. The van der Waals surface area contributed by atoms with E-state index in [0.29, 0.717) is 30.3 Å². The van der Waals surface area contributed by atoms with Gasteiger partial charge in [0.1, 0.15) is 5.82 Å². The first-order valence-electron chi connectivity index (χ1n) is 4.64. The highest BCUT2D eigenvalue weighted by atomic mass is 35.5. The average Bonchev–Trinajstić information content (AvgIpc) is 2.26. The van der Waals surface area contributed by atoms with E-state index in [1.165, 1.54) is 12.1 Å². The maximum Gasteiger partial charge on any atom is 0.129 e. The Kier molecular flexibility index (Phi) is 3.46. The van der Waals surface area contributed by atoms with E-state index in [2.05, 4.69) is 5.32 Å². The molecule has 2 nitrogen and oxygen atoms in total. The Morgan fingerprint density at radius 2 is 2.20 bits per heavy atom. The first-order chi connectivity index (χ1) is 7.20. The quantitative estimate of drug-likeness (QED) is 0.774. The molecule has 1 aliphatic rings. The van der Waals surface area contributed by atoms with Gasteiger partial charge in [0.25, 0.3) is 0 Å². The summed E-state index contributed by atoms with van der Waals surface area (Å²) in [6, 6.07) is 2.55. The minimum absolute atomic E-state index is 0.218. The average molecular weight is 250 g/mol. The summed E-state index contributed by atoms with van der Waals surface area (Å²) in [5.74, 6) is -0.354. The van der Waals surface area contributed by atoms with Crippen molar-refractivity contribution in [3.63, 3.8) is 0 Å². The van der Waals surface area contributed by atoms with Crippen LogP contribution in [0.3, 0.4) is 0 Å². The first-order valence-corrected chi connectivity index (χ1v) is 5.40. The topological polar surface area (TPSA) is 21.3 Å². The molecule has 1 aromatic carbocycles. The van der Waals surface area contributed by atoms with Crippen LogP contribution in [0.4, 0.5) is 4.39 Å². The van der Waals surface area contributed by atoms with Crippen molar-refractivity contribution in [1.82, 2.24) is 5.32 Å². The van der Waals surface area contributed by atoms with Gasteiger partial charge in [-0.25, -0.2) is 4.39 Å². The zero-order valence-corrected chi connectivity index (χ0v) is 9.41. The summed E-state index contributed by atoms with van der Waals surface area (Å²) in [6.45, 7) is 1.74. The van der Waals surface area contributed by atoms with Crippen LogP contribution in [0.15, 0.2) is 12.1 Å². The van der Waals surface area contributed by atoms with E-state index in [1.807, 2.05) is 0 Å². The molecule has 0 bridgehead atoms. The molecule has 1 aliphatic heterocycles. The molecule has 1 aromatic rings. The Labute approximate surface area is 97.3 Å². The van der Waals surface area contributed by atoms with Crippen molar-refractivity contribution in [2.75, 3.05) is 19.8 Å². The molecule has 5 heteroatoms. The molecule has 0 amide bonds. The van der Waals surface area contributed by atoms with Gasteiger partial charge in [-0.2, -0.15) is 0 Å². The van der Waals surface area contributed by atoms with Crippen LogP contribution in [0, 0.1) is 5.82 Å². The normalized spacial score (nSPS) is 21.7. The first kappa shape index (κ1) is 11.1. The lowest BCUT2D eigenvalue weighted by molar-refractivity contribution is 0.0758. The van der Waals surface area contributed by atoms with Gasteiger partial charge in [0.05, 0.1) is 29.3 Å². The molecule has 82 valence electrons. The van der Waals surface area contributed by atoms with Crippen LogP contribution < -0.4 is 5.32 Å². The highest BCUT2D eigenvalue weighted by Gasteiger charge is 2.22. The molecule has 0 unspecified atom stereocenters. The molecule has 15 heavy (non-hydrogen) atoms. The lowest BCUT2D eigenvalue weighted by atomic mass is 10.1. The van der Waals surface area contributed by atoms with Gasteiger partial charge in [0.15, 0.2) is 0 Å². The zero-order chi connectivity index (χ0) is 10.8. The van der Waals surface area contributed by atoms with Crippen LogP contribution >= 0.6 is 23.2 Å².